The fourth-order valence-electron chi connectivity index (χ4n) is 5.37. The number of aliphatic hydroxyl groups excluding tert-OH is 2. The standard InChI is InChI=1S/C34H43N3O6S/c1-26(28-15-8-7-9-16-28)33(36-34(40)43-25-27-14-13-20-35-23-27)32(39)24-37-21-11-6-4-2-3-5-10-19-31(38)29-17-12-18-30(22-29)44(37,41)42/h2-3,7-9,12-18,20,22-23,26,31-33,38-39H,4-6,10-11,19,21,24-25H2,1H3,(H,36,40)/b3-2+/t26-,31?,32-,33+/m1/s1. The van der Waals surface area contributed by atoms with E-state index in [1.807, 2.05) is 37.3 Å². The van der Waals surface area contributed by atoms with E-state index in [4.69, 9.17) is 4.74 Å². The van der Waals surface area contributed by atoms with E-state index in [9.17, 15) is 23.4 Å². The molecule has 3 aromatic rings. The minimum atomic E-state index is -4.04. The van der Waals surface area contributed by atoms with Gasteiger partial charge in [-0.3, -0.25) is 4.98 Å². The van der Waals surface area contributed by atoms with Gasteiger partial charge in [-0.25, -0.2) is 13.2 Å². The maximum Gasteiger partial charge on any atom is 0.407 e. The number of ether oxygens (including phenoxy) is 1. The smallest absolute Gasteiger partial charge is 0.407 e. The third kappa shape index (κ3) is 9.46. The van der Waals surface area contributed by atoms with E-state index in [1.165, 1.54) is 16.4 Å². The third-order valence-corrected chi connectivity index (χ3v) is 9.83. The van der Waals surface area contributed by atoms with Gasteiger partial charge in [-0.15, -0.1) is 0 Å². The highest BCUT2D eigenvalue weighted by Gasteiger charge is 2.34. The average Bonchev–Trinajstić information content (AvgIpc) is 3.05. The first kappa shape index (κ1) is 33.3. The van der Waals surface area contributed by atoms with Crippen LogP contribution in [0.3, 0.4) is 0 Å². The Balaban J connectivity index is 1.59. The summed E-state index contributed by atoms with van der Waals surface area (Å²) in [5.74, 6) is -0.369. The number of amides is 1. The molecule has 0 radical (unpaired) electrons. The zero-order valence-electron chi connectivity index (χ0n) is 25.2. The SMILES string of the molecule is C[C@H](c1ccccc1)[C@H](NC(=O)OCc1cccnc1)[C@H](O)CN1CCCC/C=C/CCCC(O)c2cccc(c2)S1(=O)=O. The minimum Gasteiger partial charge on any atom is -0.445 e. The molecule has 0 aliphatic carbocycles. The number of allylic oxidation sites excluding steroid dienone is 2. The number of benzene rings is 2. The molecular weight excluding hydrogens is 578 g/mol. The second-order valence-electron chi connectivity index (χ2n) is 11.2. The minimum absolute atomic E-state index is 0.000646. The molecule has 2 heterocycles. The van der Waals surface area contributed by atoms with Crippen molar-refractivity contribution >= 4 is 16.1 Å². The first-order chi connectivity index (χ1) is 21.3. The number of aliphatic hydroxyl groups is 2. The third-order valence-electron chi connectivity index (χ3n) is 7.97. The largest absolute Gasteiger partial charge is 0.445 e. The fourth-order valence-corrected chi connectivity index (χ4v) is 6.93. The van der Waals surface area contributed by atoms with Gasteiger partial charge in [0.25, 0.3) is 0 Å². The van der Waals surface area contributed by atoms with Crippen molar-refractivity contribution in [2.45, 2.75) is 81.1 Å². The molecule has 0 saturated heterocycles. The Morgan fingerprint density at radius 3 is 2.57 bits per heavy atom. The van der Waals surface area contributed by atoms with Crippen LogP contribution in [-0.4, -0.2) is 59.2 Å². The lowest BCUT2D eigenvalue weighted by atomic mass is 9.89. The maximum atomic E-state index is 14.0. The van der Waals surface area contributed by atoms with Gasteiger partial charge in [-0.05, 0) is 67.9 Å². The molecule has 1 aromatic heterocycles. The van der Waals surface area contributed by atoms with Gasteiger partial charge in [0.15, 0.2) is 0 Å². The lowest BCUT2D eigenvalue weighted by Crippen LogP contribution is -2.52. The summed E-state index contributed by atoms with van der Waals surface area (Å²) in [7, 11) is -4.04. The number of nitrogens with one attached hydrogen (secondary N) is 1. The molecule has 1 amide bonds. The Morgan fingerprint density at radius 2 is 1.82 bits per heavy atom. The summed E-state index contributed by atoms with van der Waals surface area (Å²) in [5, 5.41) is 25.2. The lowest BCUT2D eigenvalue weighted by Gasteiger charge is -2.33. The highest BCUT2D eigenvalue weighted by molar-refractivity contribution is 7.89. The quantitative estimate of drug-likeness (QED) is 0.284. The van der Waals surface area contributed by atoms with Crippen LogP contribution in [0.2, 0.25) is 0 Å². The van der Waals surface area contributed by atoms with E-state index < -0.39 is 34.4 Å². The number of alkyl carbamates (subject to hydrolysis) is 1. The van der Waals surface area contributed by atoms with Crippen molar-refractivity contribution in [1.82, 2.24) is 14.6 Å². The van der Waals surface area contributed by atoms with Crippen molar-refractivity contribution in [3.63, 3.8) is 0 Å². The van der Waals surface area contributed by atoms with Crippen molar-refractivity contribution in [2.75, 3.05) is 13.1 Å². The van der Waals surface area contributed by atoms with Crippen molar-refractivity contribution in [2.24, 2.45) is 0 Å². The molecule has 3 N–H and O–H groups in total. The monoisotopic (exact) mass is 621 g/mol. The average molecular weight is 622 g/mol. The van der Waals surface area contributed by atoms with Gasteiger partial charge in [0.05, 0.1) is 23.1 Å². The first-order valence-corrected chi connectivity index (χ1v) is 16.7. The predicted molar refractivity (Wildman–Crippen MR) is 169 cm³/mol. The van der Waals surface area contributed by atoms with Gasteiger partial charge in [-0.2, -0.15) is 4.31 Å². The highest BCUT2D eigenvalue weighted by atomic mass is 32.2. The summed E-state index contributed by atoms with van der Waals surface area (Å²) in [4.78, 5) is 17.0. The lowest BCUT2D eigenvalue weighted by molar-refractivity contribution is 0.0813. The molecule has 0 spiro atoms. The number of fused-ring (bicyclic) bond motifs is 2. The van der Waals surface area contributed by atoms with Crippen LogP contribution in [0.25, 0.3) is 0 Å². The van der Waals surface area contributed by atoms with Crippen LogP contribution < -0.4 is 5.32 Å². The van der Waals surface area contributed by atoms with Crippen molar-refractivity contribution in [1.29, 1.82) is 0 Å². The number of hydrogen-bond donors (Lipinski definition) is 3. The second-order valence-corrected chi connectivity index (χ2v) is 13.2. The van der Waals surface area contributed by atoms with Crippen LogP contribution in [0.5, 0.6) is 0 Å². The molecule has 10 heteroatoms. The molecule has 4 rings (SSSR count). The summed E-state index contributed by atoms with van der Waals surface area (Å²) in [5.41, 5.74) is 2.13. The van der Waals surface area contributed by atoms with Gasteiger partial charge >= 0.3 is 6.09 Å². The zero-order valence-corrected chi connectivity index (χ0v) is 26.0. The Labute approximate surface area is 260 Å². The molecule has 0 fully saturated rings. The van der Waals surface area contributed by atoms with E-state index >= 15 is 0 Å². The molecule has 2 aromatic carbocycles. The van der Waals surface area contributed by atoms with Gasteiger partial charge < -0.3 is 20.3 Å². The Kier molecular flexibility index (Phi) is 12.5. The molecule has 1 unspecified atom stereocenters. The van der Waals surface area contributed by atoms with Crippen LogP contribution in [0.1, 0.15) is 74.2 Å². The Hall–Kier alpha value is -3.57. The van der Waals surface area contributed by atoms with Gasteiger partial charge in [0.1, 0.15) is 6.61 Å². The topological polar surface area (TPSA) is 129 Å². The Morgan fingerprint density at radius 1 is 1.05 bits per heavy atom. The molecule has 4 atom stereocenters. The molecule has 0 saturated carbocycles. The number of sulfonamides is 1. The van der Waals surface area contributed by atoms with Gasteiger partial charge in [-0.1, -0.05) is 67.6 Å². The first-order valence-electron chi connectivity index (χ1n) is 15.2. The summed E-state index contributed by atoms with van der Waals surface area (Å²) in [6.07, 6.45) is 9.03. The summed E-state index contributed by atoms with van der Waals surface area (Å²) in [6.45, 7) is 1.83. The molecular formula is C34H43N3O6S. The molecule has 1 aliphatic rings. The number of β-amino-alcohol motifs (C(OH)–C–C–N with tert-alkyl or cyclic N) is 1. The van der Waals surface area contributed by atoms with Crippen LogP contribution in [0.4, 0.5) is 4.79 Å². The number of rotatable bonds is 8. The van der Waals surface area contributed by atoms with E-state index in [2.05, 4.69) is 22.5 Å². The van der Waals surface area contributed by atoms with Crippen molar-refractivity contribution in [3.05, 3.63) is 108 Å². The van der Waals surface area contributed by atoms with Crippen LogP contribution in [0, 0.1) is 0 Å². The summed E-state index contributed by atoms with van der Waals surface area (Å²) >= 11 is 0. The Bertz CT molecular complexity index is 1450. The van der Waals surface area contributed by atoms with E-state index in [0.717, 1.165) is 31.2 Å². The van der Waals surface area contributed by atoms with Crippen molar-refractivity contribution in [3.8, 4) is 0 Å². The van der Waals surface area contributed by atoms with Crippen molar-refractivity contribution < 1.29 is 28.2 Å². The van der Waals surface area contributed by atoms with E-state index in [1.54, 1.807) is 36.7 Å². The molecule has 2 bridgehead atoms. The van der Waals surface area contributed by atoms with E-state index in [-0.39, 0.29) is 30.5 Å². The van der Waals surface area contributed by atoms with Gasteiger partial charge in [0.2, 0.25) is 10.0 Å². The molecule has 9 nitrogen and oxygen atoms in total. The zero-order chi connectivity index (χ0) is 31.4. The number of aromatic nitrogens is 1. The number of carbonyl (C=O) groups excluding carboxylic acids is 1. The number of hydrogen-bond acceptors (Lipinski definition) is 7. The molecule has 236 valence electrons. The number of pyridine rings is 1. The van der Waals surface area contributed by atoms with Crippen LogP contribution in [-0.2, 0) is 21.4 Å². The fraction of sp³-hybridized carbons (Fsp3) is 0.412. The van der Waals surface area contributed by atoms with Crippen LogP contribution >= 0.6 is 0 Å². The maximum absolute atomic E-state index is 14.0. The second kappa shape index (κ2) is 16.5. The number of nitrogens with zero attached hydrogens (tertiary/aromatic N) is 2. The summed E-state index contributed by atoms with van der Waals surface area (Å²) in [6, 6.07) is 18.5. The van der Waals surface area contributed by atoms with Crippen LogP contribution in [0.15, 0.2) is 96.2 Å². The molecule has 44 heavy (non-hydrogen) atoms. The highest BCUT2D eigenvalue weighted by Crippen LogP contribution is 2.27. The summed E-state index contributed by atoms with van der Waals surface area (Å²) < 4.78 is 34.8. The van der Waals surface area contributed by atoms with E-state index in [0.29, 0.717) is 24.0 Å². The predicted octanol–water partition coefficient (Wildman–Crippen LogP) is 5.48. The van der Waals surface area contributed by atoms with Gasteiger partial charge in [0, 0.05) is 37.0 Å². The normalized spacial score (nSPS) is 20.7. The molecule has 1 aliphatic heterocycles. The number of carbonyl (C=O) groups is 1.